The van der Waals surface area contributed by atoms with Crippen molar-refractivity contribution >= 4 is 75.5 Å². The average Bonchev–Trinajstić information content (AvgIpc) is 3.03. The summed E-state index contributed by atoms with van der Waals surface area (Å²) in [6.45, 7) is 10.5. The van der Waals surface area contributed by atoms with Crippen molar-refractivity contribution in [2.75, 3.05) is 45.8 Å². The van der Waals surface area contributed by atoms with Crippen LogP contribution >= 0.6 is 69.6 Å². The Bertz CT molecular complexity index is 1350. The zero-order chi connectivity index (χ0) is 33.8. The van der Waals surface area contributed by atoms with Crippen LogP contribution in [0.3, 0.4) is 0 Å². The van der Waals surface area contributed by atoms with Gasteiger partial charge in [-0.05, 0) is 75.8 Å². The monoisotopic (exact) mass is 763 g/mol. The van der Waals surface area contributed by atoms with Gasteiger partial charge in [-0.1, -0.05) is 119 Å². The molecule has 2 aliphatic heterocycles. The fourth-order valence-corrected chi connectivity index (χ4v) is 8.71. The molecule has 0 spiro atoms. The Morgan fingerprint density at radius 1 is 0.872 bits per heavy atom. The highest BCUT2D eigenvalue weighted by Gasteiger charge is 2.42. The Morgan fingerprint density at radius 3 is 2.23 bits per heavy atom. The Hall–Kier alpha value is -0.630. The van der Waals surface area contributed by atoms with Gasteiger partial charge in [0.1, 0.15) is 5.75 Å². The van der Waals surface area contributed by atoms with Crippen molar-refractivity contribution < 1.29 is 9.53 Å². The first-order valence-corrected chi connectivity index (χ1v) is 19.3. The van der Waals surface area contributed by atoms with Crippen molar-refractivity contribution in [3.8, 4) is 5.75 Å². The first-order valence-electron chi connectivity index (χ1n) is 17.0. The van der Waals surface area contributed by atoms with Crippen molar-refractivity contribution in [3.63, 3.8) is 0 Å². The number of ether oxygens (including phenoxy) is 1. The molecule has 260 valence electrons. The molecule has 5 rings (SSSR count). The number of likely N-dealkylation sites (tertiary alicyclic amines) is 1. The molecule has 2 aromatic carbocycles. The third-order valence-electron chi connectivity index (χ3n) is 10.2. The van der Waals surface area contributed by atoms with Crippen LogP contribution in [0.25, 0.3) is 0 Å². The molecule has 0 radical (unpaired) electrons. The van der Waals surface area contributed by atoms with Gasteiger partial charge in [-0.3, -0.25) is 9.69 Å². The van der Waals surface area contributed by atoms with Gasteiger partial charge in [0.15, 0.2) is 0 Å². The fourth-order valence-electron chi connectivity index (χ4n) is 7.74. The van der Waals surface area contributed by atoms with E-state index in [4.69, 9.17) is 74.3 Å². The van der Waals surface area contributed by atoms with Crippen LogP contribution in [-0.4, -0.2) is 78.6 Å². The lowest BCUT2D eigenvalue weighted by molar-refractivity contribution is -0.132. The maximum absolute atomic E-state index is 13.9. The molecule has 1 atom stereocenters. The van der Waals surface area contributed by atoms with Crippen molar-refractivity contribution in [1.82, 2.24) is 14.7 Å². The van der Waals surface area contributed by atoms with Crippen molar-refractivity contribution in [2.24, 2.45) is 0 Å². The number of alkyl halides is 6. The lowest BCUT2D eigenvalue weighted by Crippen LogP contribution is -2.53. The summed E-state index contributed by atoms with van der Waals surface area (Å²) in [7, 11) is 0. The van der Waals surface area contributed by atoms with Crippen LogP contribution in [0.2, 0.25) is 0 Å². The van der Waals surface area contributed by atoms with Gasteiger partial charge in [-0.25, -0.2) is 0 Å². The molecule has 0 aromatic heterocycles. The zero-order valence-electron chi connectivity index (χ0n) is 27.4. The number of benzene rings is 2. The highest BCUT2D eigenvalue weighted by molar-refractivity contribution is 6.69. The van der Waals surface area contributed by atoms with Crippen molar-refractivity contribution in [3.05, 3.63) is 64.7 Å². The summed E-state index contributed by atoms with van der Waals surface area (Å²) in [5, 5.41) is 0. The second-order valence-electron chi connectivity index (χ2n) is 13.9. The SMILES string of the molecule is CC(C)Oc1cccc(CC(=O)N2CCC[C@](CCN3CCN(C4CCCCC4)CC3)(c3ccc(C(Cl)(Cl)Cl)c(C(Cl)(Cl)Cl)c3)C2)c1. The number of amides is 1. The molecule has 2 saturated heterocycles. The summed E-state index contributed by atoms with van der Waals surface area (Å²) >= 11 is 38.5. The zero-order valence-corrected chi connectivity index (χ0v) is 32.0. The van der Waals surface area contributed by atoms with Gasteiger partial charge in [-0.15, -0.1) is 0 Å². The van der Waals surface area contributed by atoms with Crippen LogP contribution in [0.1, 0.15) is 87.5 Å². The number of carbonyl (C=O) groups is 1. The lowest BCUT2D eigenvalue weighted by atomic mass is 9.71. The van der Waals surface area contributed by atoms with Crippen LogP contribution < -0.4 is 4.74 Å². The quantitative estimate of drug-likeness (QED) is 0.239. The highest BCUT2D eigenvalue weighted by Crippen LogP contribution is 2.50. The third kappa shape index (κ3) is 10.0. The normalized spacial score (nSPS) is 22.5. The standard InChI is InChI=1S/C36H47Cl6N3O2/c1-26(2)47-30-11-6-8-27(22-30)23-33(46)45-16-7-14-34(25-45,28-12-13-31(35(37,38)39)32(24-28)36(40,41)42)15-17-43-18-20-44(21-19-43)29-9-4-3-5-10-29/h6,8,11-13,22,24,26,29H,3-5,7,9-10,14-21,23,25H2,1-2H3/t34-/m1/s1. The summed E-state index contributed by atoms with van der Waals surface area (Å²) in [4.78, 5) is 21.2. The van der Waals surface area contributed by atoms with E-state index >= 15 is 0 Å². The number of carbonyl (C=O) groups excluding carboxylic acids is 1. The maximum atomic E-state index is 13.9. The highest BCUT2D eigenvalue weighted by atomic mass is 35.6. The molecule has 11 heteroatoms. The van der Waals surface area contributed by atoms with Crippen molar-refractivity contribution in [2.45, 2.75) is 96.8 Å². The average molecular weight is 767 g/mol. The van der Waals surface area contributed by atoms with E-state index in [-0.39, 0.29) is 17.4 Å². The van der Waals surface area contributed by atoms with E-state index < -0.39 is 7.59 Å². The first-order chi connectivity index (χ1) is 22.2. The number of hydrogen-bond acceptors (Lipinski definition) is 4. The smallest absolute Gasteiger partial charge is 0.227 e. The van der Waals surface area contributed by atoms with Crippen LogP contribution in [0.4, 0.5) is 0 Å². The summed E-state index contributed by atoms with van der Waals surface area (Å²) in [5.41, 5.74) is 2.28. The minimum absolute atomic E-state index is 0.0597. The molecule has 2 heterocycles. The predicted octanol–water partition coefficient (Wildman–Crippen LogP) is 9.57. The van der Waals surface area contributed by atoms with E-state index in [0.29, 0.717) is 30.6 Å². The van der Waals surface area contributed by atoms with E-state index in [9.17, 15) is 4.79 Å². The minimum Gasteiger partial charge on any atom is -0.491 e. The van der Waals surface area contributed by atoms with E-state index in [0.717, 1.165) is 74.9 Å². The van der Waals surface area contributed by atoms with E-state index in [1.54, 1.807) is 6.07 Å². The first kappa shape index (κ1) is 37.6. The Morgan fingerprint density at radius 2 is 1.57 bits per heavy atom. The molecule has 47 heavy (non-hydrogen) atoms. The van der Waals surface area contributed by atoms with E-state index in [1.807, 2.05) is 55.1 Å². The summed E-state index contributed by atoms with van der Waals surface area (Å²) < 4.78 is 2.33. The number of piperidine rings is 1. The number of nitrogens with zero attached hydrogens (tertiary/aromatic N) is 3. The number of hydrogen-bond donors (Lipinski definition) is 0. The third-order valence-corrected chi connectivity index (χ3v) is 11.4. The van der Waals surface area contributed by atoms with Crippen LogP contribution in [0.15, 0.2) is 42.5 Å². The second-order valence-corrected chi connectivity index (χ2v) is 18.4. The molecule has 3 aliphatic rings. The van der Waals surface area contributed by atoms with Crippen molar-refractivity contribution in [1.29, 1.82) is 0 Å². The number of piperazine rings is 1. The van der Waals surface area contributed by atoms with Gasteiger partial charge in [0.25, 0.3) is 0 Å². The van der Waals surface area contributed by atoms with Gasteiger partial charge < -0.3 is 14.5 Å². The van der Waals surface area contributed by atoms with Gasteiger partial charge in [0, 0.05) is 61.9 Å². The fraction of sp³-hybridized carbons (Fsp3) is 0.639. The molecule has 0 unspecified atom stereocenters. The van der Waals surface area contributed by atoms with Crippen LogP contribution in [0.5, 0.6) is 5.75 Å². The van der Waals surface area contributed by atoms with Gasteiger partial charge in [0.2, 0.25) is 13.5 Å². The number of rotatable bonds is 9. The molecular formula is C36H47Cl6N3O2. The topological polar surface area (TPSA) is 36.0 Å². The van der Waals surface area contributed by atoms with Gasteiger partial charge >= 0.3 is 0 Å². The second kappa shape index (κ2) is 16.1. The Kier molecular flexibility index (Phi) is 12.9. The largest absolute Gasteiger partial charge is 0.491 e. The molecule has 1 amide bonds. The molecule has 0 N–H and O–H groups in total. The van der Waals surface area contributed by atoms with Gasteiger partial charge in [0.05, 0.1) is 12.5 Å². The molecule has 5 nitrogen and oxygen atoms in total. The minimum atomic E-state index is -1.79. The van der Waals surface area contributed by atoms with E-state index in [1.165, 1.54) is 32.1 Å². The van der Waals surface area contributed by atoms with Crippen LogP contribution in [-0.2, 0) is 24.2 Å². The molecule has 3 fully saturated rings. The molecule has 1 saturated carbocycles. The predicted molar refractivity (Wildman–Crippen MR) is 198 cm³/mol. The lowest BCUT2D eigenvalue weighted by Gasteiger charge is -2.46. The molecular weight excluding hydrogens is 719 g/mol. The molecule has 1 aliphatic carbocycles. The summed E-state index contributed by atoms with van der Waals surface area (Å²) in [6, 6.07) is 14.2. The Labute approximate surface area is 311 Å². The summed E-state index contributed by atoms with van der Waals surface area (Å²) in [5.74, 6) is 0.867. The van der Waals surface area contributed by atoms with Gasteiger partial charge in [-0.2, -0.15) is 0 Å². The van der Waals surface area contributed by atoms with Crippen LogP contribution in [0, 0.1) is 0 Å². The molecule has 0 bridgehead atoms. The van der Waals surface area contributed by atoms with E-state index in [2.05, 4.69) is 9.80 Å². The number of halogens is 6. The summed E-state index contributed by atoms with van der Waals surface area (Å²) in [6.07, 6.45) is 9.75. The Balaban J connectivity index is 1.38. The molecule has 2 aromatic rings. The maximum Gasteiger partial charge on any atom is 0.227 e.